The molecule has 0 radical (unpaired) electrons. The highest BCUT2D eigenvalue weighted by Gasteiger charge is 2.30. The quantitative estimate of drug-likeness (QED) is 0.761. The minimum Gasteiger partial charge on any atom is -0.481 e. The van der Waals surface area contributed by atoms with Crippen molar-refractivity contribution in [3.8, 4) is 0 Å². The average molecular weight is 241 g/mol. The van der Waals surface area contributed by atoms with Crippen molar-refractivity contribution >= 4 is 25.7 Å². The number of rotatable bonds is 3. The van der Waals surface area contributed by atoms with Gasteiger partial charge in [0.1, 0.15) is 0 Å². The van der Waals surface area contributed by atoms with Crippen LogP contribution in [0.4, 0.5) is 0 Å². The van der Waals surface area contributed by atoms with E-state index in [0.717, 1.165) is 0 Å². The van der Waals surface area contributed by atoms with Crippen LogP contribution in [-0.2, 0) is 13.8 Å². The highest BCUT2D eigenvalue weighted by Crippen LogP contribution is 2.31. The van der Waals surface area contributed by atoms with E-state index in [9.17, 15) is 13.2 Å². The molecule has 1 rings (SSSR count). The van der Waals surface area contributed by atoms with Crippen LogP contribution in [0.25, 0.3) is 0 Å². The predicted molar refractivity (Wildman–Crippen MR) is 52.8 cm³/mol. The summed E-state index contributed by atoms with van der Waals surface area (Å²) in [4.78, 5) is 10.4. The van der Waals surface area contributed by atoms with Crippen molar-refractivity contribution < 1.29 is 18.3 Å². The Morgan fingerprint density at radius 1 is 1.29 bits per heavy atom. The molecule has 0 unspecified atom stereocenters. The summed E-state index contributed by atoms with van der Waals surface area (Å²) in [7, 11) is 1.77. The zero-order valence-corrected chi connectivity index (χ0v) is 9.22. The van der Waals surface area contributed by atoms with Crippen molar-refractivity contribution in [3.05, 3.63) is 0 Å². The van der Waals surface area contributed by atoms with Crippen LogP contribution in [0.3, 0.4) is 0 Å². The number of halogens is 1. The third kappa shape index (κ3) is 3.46. The fraction of sp³-hybridized carbons (Fsp3) is 0.875. The average Bonchev–Trinajstić information content (AvgIpc) is 2.02. The first-order valence-corrected chi connectivity index (χ1v) is 6.92. The van der Waals surface area contributed by atoms with E-state index in [1.54, 1.807) is 0 Å². The van der Waals surface area contributed by atoms with E-state index in [1.165, 1.54) is 0 Å². The molecule has 0 aromatic carbocycles. The van der Waals surface area contributed by atoms with Gasteiger partial charge in [0.15, 0.2) is 0 Å². The maximum absolute atomic E-state index is 11.0. The molecule has 0 atom stereocenters. The molecule has 1 fully saturated rings. The van der Waals surface area contributed by atoms with Gasteiger partial charge in [0, 0.05) is 17.1 Å². The Balaban J connectivity index is 2.43. The summed E-state index contributed by atoms with van der Waals surface area (Å²) in [6.45, 7) is 0. The molecule has 6 heteroatoms. The van der Waals surface area contributed by atoms with Gasteiger partial charge in [-0.05, 0) is 31.6 Å². The molecule has 1 saturated carbocycles. The summed E-state index contributed by atoms with van der Waals surface area (Å²) in [6, 6.07) is 0. The van der Waals surface area contributed by atoms with Gasteiger partial charge in [-0.3, -0.25) is 4.79 Å². The summed E-state index contributed by atoms with van der Waals surface area (Å²) in [6.07, 6.45) is 2.40. The Kier molecular flexibility index (Phi) is 3.78. The number of carboxylic acids is 1. The topological polar surface area (TPSA) is 71.4 Å². The first-order chi connectivity index (χ1) is 6.39. The number of carboxylic acid groups (broad SMARTS) is 1. The molecule has 0 spiro atoms. The second-order valence-corrected chi connectivity index (χ2v) is 6.62. The number of aliphatic carboxylic acids is 1. The van der Waals surface area contributed by atoms with Crippen molar-refractivity contribution in [1.82, 2.24) is 0 Å². The Hall–Kier alpha value is -0.290. The fourth-order valence-corrected chi connectivity index (χ4v) is 3.23. The summed E-state index contributed by atoms with van der Waals surface area (Å²) >= 11 is 0. The molecule has 1 aliphatic carbocycles. The maximum Gasteiger partial charge on any atom is 0.303 e. The van der Waals surface area contributed by atoms with Crippen LogP contribution in [0.5, 0.6) is 0 Å². The molecule has 82 valence electrons. The van der Waals surface area contributed by atoms with Crippen molar-refractivity contribution in [1.29, 1.82) is 0 Å². The predicted octanol–water partition coefficient (Wildman–Crippen LogP) is 1.59. The fourth-order valence-electron chi connectivity index (χ4n) is 1.86. The van der Waals surface area contributed by atoms with Gasteiger partial charge in [-0.25, -0.2) is 8.42 Å². The summed E-state index contributed by atoms with van der Waals surface area (Å²) in [5, 5.41) is 8.07. The van der Waals surface area contributed by atoms with Gasteiger partial charge in [0.25, 0.3) is 0 Å². The molecule has 1 N–H and O–H groups in total. The van der Waals surface area contributed by atoms with Gasteiger partial charge in [-0.15, -0.1) is 0 Å². The second-order valence-electron chi connectivity index (χ2n) is 3.72. The molecular weight excluding hydrogens is 228 g/mol. The highest BCUT2D eigenvalue weighted by molar-refractivity contribution is 8.14. The van der Waals surface area contributed by atoms with Gasteiger partial charge >= 0.3 is 5.97 Å². The summed E-state index contributed by atoms with van der Waals surface area (Å²) in [5.41, 5.74) is 0. The zero-order chi connectivity index (χ0) is 10.8. The Bertz CT molecular complexity index is 303. The highest BCUT2D eigenvalue weighted by atomic mass is 35.7. The lowest BCUT2D eigenvalue weighted by Gasteiger charge is -2.25. The number of hydrogen-bond acceptors (Lipinski definition) is 3. The van der Waals surface area contributed by atoms with Crippen LogP contribution in [0.15, 0.2) is 0 Å². The van der Waals surface area contributed by atoms with E-state index in [2.05, 4.69) is 0 Å². The van der Waals surface area contributed by atoms with Crippen LogP contribution in [0.2, 0.25) is 0 Å². The summed E-state index contributed by atoms with van der Waals surface area (Å²) in [5.74, 6) is -0.704. The molecule has 14 heavy (non-hydrogen) atoms. The number of carbonyl (C=O) groups is 1. The van der Waals surface area contributed by atoms with Crippen molar-refractivity contribution in [3.63, 3.8) is 0 Å². The SMILES string of the molecule is O=C(O)CC1CCC(S(=O)(=O)Cl)CC1. The van der Waals surface area contributed by atoms with Gasteiger partial charge in [0.05, 0.1) is 5.25 Å². The van der Waals surface area contributed by atoms with E-state index < -0.39 is 20.3 Å². The van der Waals surface area contributed by atoms with E-state index in [1.807, 2.05) is 0 Å². The molecular formula is C8H13ClO4S. The first kappa shape index (κ1) is 11.8. The smallest absolute Gasteiger partial charge is 0.303 e. The van der Waals surface area contributed by atoms with Gasteiger partial charge in [-0.1, -0.05) is 0 Å². The first-order valence-electron chi connectivity index (χ1n) is 4.55. The molecule has 0 aromatic heterocycles. The van der Waals surface area contributed by atoms with Crippen LogP contribution in [-0.4, -0.2) is 24.7 Å². The lowest BCUT2D eigenvalue weighted by atomic mass is 9.87. The monoisotopic (exact) mass is 240 g/mol. The largest absolute Gasteiger partial charge is 0.481 e. The molecule has 0 amide bonds. The van der Waals surface area contributed by atoms with Crippen LogP contribution in [0.1, 0.15) is 32.1 Å². The minimum absolute atomic E-state index is 0.113. The third-order valence-corrected chi connectivity index (χ3v) is 4.68. The molecule has 0 bridgehead atoms. The zero-order valence-electron chi connectivity index (χ0n) is 7.65. The van der Waals surface area contributed by atoms with E-state index in [0.29, 0.717) is 25.7 Å². The van der Waals surface area contributed by atoms with Gasteiger partial charge in [-0.2, -0.15) is 0 Å². The van der Waals surface area contributed by atoms with E-state index >= 15 is 0 Å². The van der Waals surface area contributed by atoms with Crippen molar-refractivity contribution in [2.24, 2.45) is 5.92 Å². The Morgan fingerprint density at radius 2 is 1.79 bits per heavy atom. The Labute approximate surface area is 87.7 Å². The lowest BCUT2D eigenvalue weighted by molar-refractivity contribution is -0.138. The minimum atomic E-state index is -3.45. The van der Waals surface area contributed by atoms with Crippen LogP contribution >= 0.6 is 10.7 Å². The second kappa shape index (κ2) is 4.49. The molecule has 0 aromatic rings. The lowest BCUT2D eigenvalue weighted by Crippen LogP contribution is -2.24. The number of hydrogen-bond donors (Lipinski definition) is 1. The molecule has 0 aliphatic heterocycles. The van der Waals surface area contributed by atoms with Crippen LogP contribution in [0, 0.1) is 5.92 Å². The Morgan fingerprint density at radius 3 is 2.14 bits per heavy atom. The molecule has 4 nitrogen and oxygen atoms in total. The van der Waals surface area contributed by atoms with Crippen LogP contribution < -0.4 is 0 Å². The summed E-state index contributed by atoms with van der Waals surface area (Å²) < 4.78 is 21.9. The van der Waals surface area contributed by atoms with E-state index in [-0.39, 0.29) is 12.3 Å². The van der Waals surface area contributed by atoms with E-state index in [4.69, 9.17) is 15.8 Å². The third-order valence-electron chi connectivity index (χ3n) is 2.66. The standard InChI is InChI=1S/C8H13ClO4S/c9-14(12,13)7-3-1-6(2-4-7)5-8(10)11/h6-7H,1-5H2,(H,10,11). The molecule has 0 heterocycles. The van der Waals surface area contributed by atoms with Crippen molar-refractivity contribution in [2.45, 2.75) is 37.4 Å². The molecule has 1 aliphatic rings. The normalized spacial score (nSPS) is 28.6. The van der Waals surface area contributed by atoms with Gasteiger partial charge in [0.2, 0.25) is 9.05 Å². The maximum atomic E-state index is 11.0. The van der Waals surface area contributed by atoms with Crippen molar-refractivity contribution in [2.75, 3.05) is 0 Å². The van der Waals surface area contributed by atoms with Gasteiger partial charge < -0.3 is 5.11 Å². The molecule has 0 saturated heterocycles.